The first-order valence-electron chi connectivity index (χ1n) is 19.2. The number of aromatic nitrogens is 3. The highest BCUT2D eigenvalue weighted by Gasteiger charge is 2.49. The summed E-state index contributed by atoms with van der Waals surface area (Å²) in [7, 11) is 0. The van der Waals surface area contributed by atoms with E-state index in [4.69, 9.17) is 5.73 Å². The van der Waals surface area contributed by atoms with Crippen molar-refractivity contribution >= 4 is 29.5 Å². The fourth-order valence-electron chi connectivity index (χ4n) is 7.52. The minimum absolute atomic E-state index is 0.00249. The Morgan fingerprint density at radius 3 is 2.29 bits per heavy atom. The third-order valence-electron chi connectivity index (χ3n) is 11.0. The highest BCUT2D eigenvalue weighted by molar-refractivity contribution is 5.93. The van der Waals surface area contributed by atoms with E-state index in [9.17, 15) is 29.1 Å². The standard InChI is InChI=1S/C40H53N9O6/c1-39(2,3)34-38(55)48-22-29(50)19-31(48)37(54)45-30(18-25-11-13-27(14-12-25)26-8-5-4-6-9-26)36(53)42-17-7-10-28(20-41)35(52)43-21-33(51)44-24-40(15-16-40)32-23-49(34)47-46-32/h4-6,8-9,11-14,23,28-31,34,50H,7,10,15-22,24,41H2,1-3H3,(H,42,53)(H,43,52)(H,44,51)(H,45,54)/t28-,29-,30-,31+,34-/m1/s1. The minimum Gasteiger partial charge on any atom is -0.391 e. The van der Waals surface area contributed by atoms with Crippen molar-refractivity contribution in [3.63, 3.8) is 0 Å². The first-order valence-corrected chi connectivity index (χ1v) is 19.2. The number of rotatable bonds is 4. The average Bonchev–Trinajstić information content (AvgIpc) is 3.61. The molecule has 5 atom stereocenters. The quantitative estimate of drug-likeness (QED) is 0.224. The number of benzene rings is 2. The molecule has 0 radical (unpaired) electrons. The van der Waals surface area contributed by atoms with Crippen molar-refractivity contribution in [3.05, 3.63) is 72.1 Å². The van der Waals surface area contributed by atoms with Crippen LogP contribution in [0.2, 0.25) is 0 Å². The molecule has 5 amide bonds. The molecule has 7 N–H and O–H groups in total. The first kappa shape index (κ1) is 39.5. The Bertz CT molecular complexity index is 1850. The van der Waals surface area contributed by atoms with E-state index in [2.05, 4.69) is 31.6 Å². The SMILES string of the molecule is CC(C)(C)[C@H]1C(=O)N2C[C@H](O)C[C@H]2C(=O)N[C@H](Cc2ccc(-c3ccccc3)cc2)C(=O)NCCC[C@H](CN)C(=O)NCC(=O)NCC2(CC2)c2cn1nn2. The van der Waals surface area contributed by atoms with Crippen LogP contribution in [0.15, 0.2) is 60.8 Å². The number of nitrogens with one attached hydrogen (secondary N) is 4. The van der Waals surface area contributed by atoms with E-state index in [-0.39, 0.29) is 57.4 Å². The van der Waals surface area contributed by atoms with Gasteiger partial charge in [-0.15, -0.1) is 5.10 Å². The molecular formula is C40H53N9O6. The molecule has 1 spiro atoms. The molecule has 15 heteroatoms. The fraction of sp³-hybridized carbons (Fsp3) is 0.525. The maximum atomic E-state index is 14.5. The van der Waals surface area contributed by atoms with Gasteiger partial charge in [-0.3, -0.25) is 24.0 Å². The van der Waals surface area contributed by atoms with E-state index < -0.39 is 58.7 Å². The number of aliphatic hydroxyl groups is 1. The van der Waals surface area contributed by atoms with E-state index >= 15 is 0 Å². The van der Waals surface area contributed by atoms with Crippen molar-refractivity contribution < 1.29 is 29.1 Å². The topological polar surface area (TPSA) is 214 Å². The second-order valence-corrected chi connectivity index (χ2v) is 16.2. The van der Waals surface area contributed by atoms with E-state index in [1.807, 2.05) is 75.4 Å². The maximum absolute atomic E-state index is 14.5. The van der Waals surface area contributed by atoms with Gasteiger partial charge >= 0.3 is 0 Å². The molecular weight excluding hydrogens is 702 g/mol. The lowest BCUT2D eigenvalue weighted by molar-refractivity contribution is -0.144. The number of carbonyl (C=O) groups excluding carboxylic acids is 5. The second-order valence-electron chi connectivity index (χ2n) is 16.2. The molecule has 6 rings (SSSR count). The molecule has 55 heavy (non-hydrogen) atoms. The lowest BCUT2D eigenvalue weighted by Gasteiger charge is -2.35. The van der Waals surface area contributed by atoms with Crippen molar-refractivity contribution in [2.45, 2.75) is 88.9 Å². The molecule has 3 aromatic rings. The smallest absolute Gasteiger partial charge is 0.248 e. The Kier molecular flexibility index (Phi) is 12.0. The summed E-state index contributed by atoms with van der Waals surface area (Å²) in [5.74, 6) is -2.66. The van der Waals surface area contributed by atoms with E-state index in [1.54, 1.807) is 6.20 Å². The third kappa shape index (κ3) is 9.39. The van der Waals surface area contributed by atoms with Crippen molar-refractivity contribution in [1.29, 1.82) is 0 Å². The Labute approximate surface area is 321 Å². The van der Waals surface area contributed by atoms with E-state index in [0.29, 0.717) is 18.5 Å². The van der Waals surface area contributed by atoms with Crippen LogP contribution in [0.5, 0.6) is 0 Å². The van der Waals surface area contributed by atoms with Crippen LogP contribution in [0.1, 0.15) is 70.2 Å². The molecule has 3 aliphatic rings. The molecule has 2 fully saturated rings. The third-order valence-corrected chi connectivity index (χ3v) is 11.0. The number of hydrogen-bond acceptors (Lipinski definition) is 9. The number of nitrogens with zero attached hydrogens (tertiary/aromatic N) is 4. The Hall–Kier alpha value is -5.15. The molecule has 3 heterocycles. The predicted molar refractivity (Wildman–Crippen MR) is 204 cm³/mol. The van der Waals surface area contributed by atoms with Gasteiger partial charge in [0, 0.05) is 44.4 Å². The molecule has 2 aliphatic heterocycles. The molecule has 1 aliphatic carbocycles. The predicted octanol–water partition coefficient (Wildman–Crippen LogP) is 0.971. The summed E-state index contributed by atoms with van der Waals surface area (Å²) < 4.78 is 1.51. The summed E-state index contributed by atoms with van der Waals surface area (Å²) in [5.41, 5.74) is 8.27. The molecule has 2 bridgehead atoms. The Morgan fingerprint density at radius 2 is 1.62 bits per heavy atom. The first-order chi connectivity index (χ1) is 26.3. The molecule has 1 saturated heterocycles. The Morgan fingerprint density at radius 1 is 0.909 bits per heavy atom. The van der Waals surface area contributed by atoms with Crippen LogP contribution in [0.25, 0.3) is 11.1 Å². The number of fused-ring (bicyclic) bond motifs is 4. The van der Waals surface area contributed by atoms with Crippen LogP contribution in [-0.4, -0.2) is 105 Å². The van der Waals surface area contributed by atoms with Crippen molar-refractivity contribution in [3.8, 4) is 11.1 Å². The number of hydrogen-bond donors (Lipinski definition) is 6. The fourth-order valence-corrected chi connectivity index (χ4v) is 7.52. The molecule has 1 saturated carbocycles. The molecule has 294 valence electrons. The summed E-state index contributed by atoms with van der Waals surface area (Å²) in [6.07, 6.45) is 3.25. The van der Waals surface area contributed by atoms with Gasteiger partial charge in [0.1, 0.15) is 18.1 Å². The summed E-state index contributed by atoms with van der Waals surface area (Å²) >= 11 is 0. The summed E-state index contributed by atoms with van der Waals surface area (Å²) in [4.78, 5) is 69.6. The molecule has 15 nitrogen and oxygen atoms in total. The van der Waals surface area contributed by atoms with Gasteiger partial charge in [-0.05, 0) is 47.8 Å². The van der Waals surface area contributed by atoms with Crippen molar-refractivity contribution in [2.24, 2.45) is 17.1 Å². The number of nitrogens with two attached hydrogens (primary N) is 1. The maximum Gasteiger partial charge on any atom is 0.248 e. The van der Waals surface area contributed by atoms with E-state index in [0.717, 1.165) is 29.5 Å². The van der Waals surface area contributed by atoms with Gasteiger partial charge in [-0.25, -0.2) is 4.68 Å². The highest BCUT2D eigenvalue weighted by atomic mass is 16.3. The summed E-state index contributed by atoms with van der Waals surface area (Å²) in [6.45, 7) is 5.97. The van der Waals surface area contributed by atoms with Gasteiger partial charge in [-0.2, -0.15) is 0 Å². The van der Waals surface area contributed by atoms with Gasteiger partial charge in [0.05, 0.1) is 30.5 Å². The minimum atomic E-state index is -1.04. The zero-order valence-corrected chi connectivity index (χ0v) is 31.8. The summed E-state index contributed by atoms with van der Waals surface area (Å²) in [6, 6.07) is 14.7. The molecule has 2 aromatic carbocycles. The van der Waals surface area contributed by atoms with Crippen LogP contribution in [0.4, 0.5) is 0 Å². The highest BCUT2D eigenvalue weighted by Crippen LogP contribution is 2.47. The zero-order valence-electron chi connectivity index (χ0n) is 31.8. The van der Waals surface area contributed by atoms with Crippen LogP contribution in [0, 0.1) is 11.3 Å². The van der Waals surface area contributed by atoms with Crippen molar-refractivity contribution in [1.82, 2.24) is 41.2 Å². The number of amides is 5. The molecule has 0 unspecified atom stereocenters. The van der Waals surface area contributed by atoms with Crippen molar-refractivity contribution in [2.75, 3.05) is 32.7 Å². The molecule has 1 aromatic heterocycles. The normalized spacial score (nSPS) is 25.7. The second kappa shape index (κ2) is 16.7. The van der Waals surface area contributed by atoms with E-state index in [1.165, 1.54) is 9.58 Å². The summed E-state index contributed by atoms with van der Waals surface area (Å²) in [5, 5.41) is 31.0. The zero-order chi connectivity index (χ0) is 39.3. The number of aliphatic hydroxyl groups excluding tert-OH is 1. The van der Waals surface area contributed by atoms with Gasteiger partial charge in [0.2, 0.25) is 29.5 Å². The van der Waals surface area contributed by atoms with Crippen LogP contribution >= 0.6 is 0 Å². The monoisotopic (exact) mass is 755 g/mol. The number of carbonyl (C=O) groups is 5. The Balaban J connectivity index is 1.28. The lowest BCUT2D eigenvalue weighted by atomic mass is 9.85. The largest absolute Gasteiger partial charge is 0.391 e. The van der Waals surface area contributed by atoms with Gasteiger partial charge < -0.3 is 37.0 Å². The van der Waals surface area contributed by atoms with Crippen LogP contribution in [0.3, 0.4) is 0 Å². The van der Waals surface area contributed by atoms with Gasteiger partial charge in [-0.1, -0.05) is 80.6 Å². The van der Waals surface area contributed by atoms with Gasteiger partial charge in [0.15, 0.2) is 0 Å². The lowest BCUT2D eigenvalue weighted by Crippen LogP contribution is -2.55. The van der Waals surface area contributed by atoms with Crippen LogP contribution in [-0.2, 0) is 35.8 Å². The van der Waals surface area contributed by atoms with Gasteiger partial charge in [0.25, 0.3) is 0 Å². The average molecular weight is 756 g/mol. The van der Waals surface area contributed by atoms with Crippen LogP contribution < -0.4 is 27.0 Å².